The fraction of sp³-hybridized carbons (Fsp3) is 0.333. The van der Waals surface area contributed by atoms with Crippen molar-refractivity contribution in [3.8, 4) is 5.75 Å². The molecule has 2 atom stereocenters. The van der Waals surface area contributed by atoms with Crippen molar-refractivity contribution < 1.29 is 24.0 Å². The van der Waals surface area contributed by atoms with E-state index in [0.29, 0.717) is 10.8 Å². The van der Waals surface area contributed by atoms with Gasteiger partial charge in [-0.25, -0.2) is 0 Å². The van der Waals surface area contributed by atoms with E-state index in [4.69, 9.17) is 21.1 Å². The second-order valence-corrected chi connectivity index (χ2v) is 7.22. The first-order valence-electron chi connectivity index (χ1n) is 9.33. The van der Waals surface area contributed by atoms with Crippen molar-refractivity contribution in [3.63, 3.8) is 0 Å². The number of para-hydroxylation sites is 2. The number of halogens is 1. The van der Waals surface area contributed by atoms with Crippen molar-refractivity contribution in [3.05, 3.63) is 69.2 Å². The van der Waals surface area contributed by atoms with Crippen molar-refractivity contribution in [2.24, 2.45) is 0 Å². The van der Waals surface area contributed by atoms with Crippen molar-refractivity contribution in [2.75, 3.05) is 0 Å². The first kappa shape index (κ1) is 23.2. The lowest BCUT2D eigenvalue weighted by Gasteiger charge is -2.22. The quantitative estimate of drug-likeness (QED) is 0.359. The Morgan fingerprint density at radius 1 is 1.10 bits per heavy atom. The molecule has 0 aliphatic rings. The number of ether oxygens (including phenoxy) is 2. The van der Waals surface area contributed by atoms with Crippen LogP contribution in [-0.2, 0) is 14.3 Å². The Labute approximate surface area is 179 Å². The average molecular weight is 435 g/mol. The third-order valence-electron chi connectivity index (χ3n) is 4.07. The number of nitro benzene ring substituents is 1. The maximum absolute atomic E-state index is 12.7. The highest BCUT2D eigenvalue weighted by Crippen LogP contribution is 2.28. The first-order chi connectivity index (χ1) is 14.2. The number of carbonyl (C=O) groups is 2. The molecule has 2 aromatic carbocycles. The maximum Gasteiger partial charge on any atom is 0.308 e. The summed E-state index contributed by atoms with van der Waals surface area (Å²) in [6, 6.07) is 11.6. The third kappa shape index (κ3) is 6.45. The molecule has 0 heterocycles. The van der Waals surface area contributed by atoms with Gasteiger partial charge >= 0.3 is 5.97 Å². The molecule has 8 nitrogen and oxygen atoms in total. The zero-order chi connectivity index (χ0) is 22.3. The van der Waals surface area contributed by atoms with E-state index < -0.39 is 28.9 Å². The molecule has 9 heteroatoms. The van der Waals surface area contributed by atoms with Gasteiger partial charge in [0, 0.05) is 6.07 Å². The van der Waals surface area contributed by atoms with E-state index >= 15 is 0 Å². The second-order valence-electron chi connectivity index (χ2n) is 6.81. The van der Waals surface area contributed by atoms with Gasteiger partial charge in [0.25, 0.3) is 11.6 Å². The molecule has 0 bridgehead atoms. The summed E-state index contributed by atoms with van der Waals surface area (Å²) in [5.74, 6) is -0.827. The van der Waals surface area contributed by atoms with Crippen LogP contribution in [-0.4, -0.2) is 29.0 Å². The van der Waals surface area contributed by atoms with Crippen LogP contribution in [0.15, 0.2) is 48.5 Å². The van der Waals surface area contributed by atoms with Gasteiger partial charge in [0.1, 0.15) is 5.75 Å². The summed E-state index contributed by atoms with van der Waals surface area (Å²) in [4.78, 5) is 35.8. The van der Waals surface area contributed by atoms with Gasteiger partial charge in [0.2, 0.25) is 0 Å². The predicted octanol–water partition coefficient (Wildman–Crippen LogP) is 4.21. The van der Waals surface area contributed by atoms with E-state index in [1.54, 1.807) is 44.2 Å². The molecule has 1 N–H and O–H groups in total. The van der Waals surface area contributed by atoms with Gasteiger partial charge in [-0.3, -0.25) is 19.7 Å². The molecule has 2 rings (SSSR count). The van der Waals surface area contributed by atoms with Crippen LogP contribution in [0.25, 0.3) is 0 Å². The Balaban J connectivity index is 2.24. The number of nitrogens with zero attached hydrogens (tertiary/aromatic N) is 1. The highest BCUT2D eigenvalue weighted by atomic mass is 35.5. The summed E-state index contributed by atoms with van der Waals surface area (Å²) in [7, 11) is 0. The number of nitrogens with one attached hydrogen (secondary N) is 1. The lowest BCUT2D eigenvalue weighted by molar-refractivity contribution is -0.385. The van der Waals surface area contributed by atoms with Crippen LogP contribution in [0.2, 0.25) is 5.02 Å². The van der Waals surface area contributed by atoms with Gasteiger partial charge in [0.05, 0.1) is 34.1 Å². The van der Waals surface area contributed by atoms with Crippen molar-refractivity contribution in [1.82, 2.24) is 5.32 Å². The molecule has 0 saturated carbocycles. The minimum Gasteiger partial charge on any atom is -0.479 e. The number of amides is 1. The lowest BCUT2D eigenvalue weighted by Crippen LogP contribution is -2.39. The van der Waals surface area contributed by atoms with Gasteiger partial charge in [-0.15, -0.1) is 0 Å². The van der Waals surface area contributed by atoms with Gasteiger partial charge in [0.15, 0.2) is 6.10 Å². The van der Waals surface area contributed by atoms with E-state index in [-0.39, 0.29) is 23.8 Å². The normalized spacial score (nSPS) is 12.7. The monoisotopic (exact) mass is 434 g/mol. The van der Waals surface area contributed by atoms with Gasteiger partial charge in [-0.1, -0.05) is 41.9 Å². The number of benzene rings is 2. The summed E-state index contributed by atoms with van der Waals surface area (Å²) in [5, 5.41) is 14.4. The van der Waals surface area contributed by atoms with Crippen molar-refractivity contribution >= 4 is 29.2 Å². The number of rotatable bonds is 9. The standard InChI is InChI=1S/C21H23ClN2O6/c1-13(2)29-20(25)12-17(15-8-4-6-10-18(15)24(27)28)23-21(26)14(3)30-19-11-7-5-9-16(19)22/h4-11,13-14,17H,12H2,1-3H3,(H,23,26). The molecular weight excluding hydrogens is 412 g/mol. The minimum absolute atomic E-state index is 0.196. The number of esters is 1. The molecular formula is C21H23ClN2O6. The summed E-state index contributed by atoms with van der Waals surface area (Å²) in [6.45, 7) is 4.90. The van der Waals surface area contributed by atoms with Crippen LogP contribution in [0.5, 0.6) is 5.75 Å². The van der Waals surface area contributed by atoms with Crippen LogP contribution in [0.3, 0.4) is 0 Å². The number of hydrogen-bond donors (Lipinski definition) is 1. The fourth-order valence-electron chi connectivity index (χ4n) is 2.74. The highest BCUT2D eigenvalue weighted by molar-refractivity contribution is 6.32. The van der Waals surface area contributed by atoms with Crippen LogP contribution in [0.1, 0.15) is 38.8 Å². The Hall–Kier alpha value is -3.13. The molecule has 0 aliphatic carbocycles. The average Bonchev–Trinajstić information content (AvgIpc) is 2.68. The first-order valence-corrected chi connectivity index (χ1v) is 9.71. The van der Waals surface area contributed by atoms with E-state index in [0.717, 1.165) is 0 Å². The number of nitro groups is 1. The third-order valence-corrected chi connectivity index (χ3v) is 4.39. The molecule has 160 valence electrons. The summed E-state index contributed by atoms with van der Waals surface area (Å²) in [6.07, 6.45) is -1.59. The van der Waals surface area contributed by atoms with E-state index in [2.05, 4.69) is 5.32 Å². The Morgan fingerprint density at radius 3 is 2.37 bits per heavy atom. The summed E-state index contributed by atoms with van der Waals surface area (Å²) < 4.78 is 10.7. The Morgan fingerprint density at radius 2 is 1.73 bits per heavy atom. The van der Waals surface area contributed by atoms with E-state index in [1.807, 2.05) is 0 Å². The van der Waals surface area contributed by atoms with E-state index in [1.165, 1.54) is 25.1 Å². The van der Waals surface area contributed by atoms with Gasteiger partial charge in [-0.05, 0) is 32.9 Å². The molecule has 0 radical (unpaired) electrons. The molecule has 0 saturated heterocycles. The zero-order valence-corrected chi connectivity index (χ0v) is 17.6. The number of carbonyl (C=O) groups excluding carboxylic acids is 2. The molecule has 1 amide bonds. The topological polar surface area (TPSA) is 108 Å². The molecule has 2 unspecified atom stereocenters. The van der Waals surface area contributed by atoms with Crippen LogP contribution < -0.4 is 10.1 Å². The maximum atomic E-state index is 12.7. The molecule has 2 aromatic rings. The largest absolute Gasteiger partial charge is 0.479 e. The highest BCUT2D eigenvalue weighted by Gasteiger charge is 2.28. The van der Waals surface area contributed by atoms with Gasteiger partial charge in [-0.2, -0.15) is 0 Å². The summed E-state index contributed by atoms with van der Waals surface area (Å²) in [5.41, 5.74) is -0.0127. The zero-order valence-electron chi connectivity index (χ0n) is 16.8. The molecule has 30 heavy (non-hydrogen) atoms. The minimum atomic E-state index is -0.970. The molecule has 0 spiro atoms. The summed E-state index contributed by atoms with van der Waals surface area (Å²) >= 11 is 6.05. The van der Waals surface area contributed by atoms with Crippen molar-refractivity contribution in [2.45, 2.75) is 45.4 Å². The number of hydrogen-bond acceptors (Lipinski definition) is 6. The molecule has 0 fully saturated rings. The lowest BCUT2D eigenvalue weighted by atomic mass is 10.0. The smallest absolute Gasteiger partial charge is 0.308 e. The predicted molar refractivity (Wildman–Crippen MR) is 111 cm³/mol. The fourth-order valence-corrected chi connectivity index (χ4v) is 2.92. The van der Waals surface area contributed by atoms with Crippen LogP contribution >= 0.6 is 11.6 Å². The van der Waals surface area contributed by atoms with Crippen LogP contribution in [0, 0.1) is 10.1 Å². The molecule has 0 aliphatic heterocycles. The molecule has 0 aromatic heterocycles. The van der Waals surface area contributed by atoms with Crippen LogP contribution in [0.4, 0.5) is 5.69 Å². The second kappa shape index (κ2) is 10.6. The van der Waals surface area contributed by atoms with E-state index in [9.17, 15) is 19.7 Å². The Kier molecular flexibility index (Phi) is 8.17. The SMILES string of the molecule is CC(C)OC(=O)CC(NC(=O)C(C)Oc1ccccc1Cl)c1ccccc1[N+](=O)[O-]. The van der Waals surface area contributed by atoms with Crippen molar-refractivity contribution in [1.29, 1.82) is 0 Å². The Bertz CT molecular complexity index is 918. The van der Waals surface area contributed by atoms with Gasteiger partial charge < -0.3 is 14.8 Å².